The van der Waals surface area contributed by atoms with Gasteiger partial charge in [0, 0.05) is 44.8 Å². The number of benzene rings is 1. The Morgan fingerprint density at radius 1 is 1.24 bits per heavy atom. The molecule has 0 aromatic heterocycles. The summed E-state index contributed by atoms with van der Waals surface area (Å²) in [6.45, 7) is 6.05. The normalized spacial score (nSPS) is 22.8. The fourth-order valence-corrected chi connectivity index (χ4v) is 3.52. The van der Waals surface area contributed by atoms with Crippen molar-refractivity contribution in [2.24, 2.45) is 0 Å². The summed E-state index contributed by atoms with van der Waals surface area (Å²) in [7, 11) is 2.19. The van der Waals surface area contributed by atoms with Gasteiger partial charge in [0.05, 0.1) is 0 Å². The van der Waals surface area contributed by atoms with E-state index in [0.29, 0.717) is 6.04 Å². The molecular weight excluding hydrogens is 262 g/mol. The van der Waals surface area contributed by atoms with E-state index in [1.165, 1.54) is 16.8 Å². The maximum absolute atomic E-state index is 11.3. The zero-order valence-corrected chi connectivity index (χ0v) is 13.1. The Hall–Kier alpha value is -1.55. The molecule has 21 heavy (non-hydrogen) atoms. The maximum Gasteiger partial charge on any atom is 0.217 e. The first-order chi connectivity index (χ1) is 10.1. The second kappa shape index (κ2) is 6.06. The van der Waals surface area contributed by atoms with Crippen LogP contribution in [0.3, 0.4) is 0 Å². The van der Waals surface area contributed by atoms with Crippen molar-refractivity contribution >= 4 is 11.6 Å². The van der Waals surface area contributed by atoms with Crippen LogP contribution in [0.15, 0.2) is 18.2 Å². The third-order valence-electron chi connectivity index (χ3n) is 4.71. The summed E-state index contributed by atoms with van der Waals surface area (Å²) < 4.78 is 0. The first-order valence-corrected chi connectivity index (χ1v) is 7.95. The Kier molecular flexibility index (Phi) is 4.15. The smallest absolute Gasteiger partial charge is 0.217 e. The number of likely N-dealkylation sites (N-methyl/N-ethyl adjacent to an activating group) is 1. The van der Waals surface area contributed by atoms with Gasteiger partial charge in [-0.05, 0) is 43.5 Å². The van der Waals surface area contributed by atoms with Crippen LogP contribution in [0.25, 0.3) is 0 Å². The minimum Gasteiger partial charge on any atom is -0.369 e. The molecule has 0 saturated carbocycles. The number of nitrogens with one attached hydrogen (secondary N) is 1. The van der Waals surface area contributed by atoms with Crippen molar-refractivity contribution in [3.63, 3.8) is 0 Å². The van der Waals surface area contributed by atoms with Crippen molar-refractivity contribution in [1.29, 1.82) is 0 Å². The van der Waals surface area contributed by atoms with E-state index < -0.39 is 0 Å². The van der Waals surface area contributed by atoms with Gasteiger partial charge in [-0.1, -0.05) is 12.1 Å². The zero-order valence-electron chi connectivity index (χ0n) is 13.1. The van der Waals surface area contributed by atoms with Crippen LogP contribution in [-0.4, -0.2) is 50.1 Å². The van der Waals surface area contributed by atoms with Gasteiger partial charge in [0.25, 0.3) is 0 Å². The molecule has 4 nitrogen and oxygen atoms in total. The fourth-order valence-electron chi connectivity index (χ4n) is 3.52. The number of hydrogen-bond donors (Lipinski definition) is 1. The standard InChI is InChI=1S/C17H25N3O/c1-13(21)18-15-7-6-14-4-3-5-17(16(14)12-15)20-10-8-19(2)9-11-20/h3-5,15H,6-12H2,1-2H3,(H,18,21). The Balaban J connectivity index is 1.81. The summed E-state index contributed by atoms with van der Waals surface area (Å²) in [4.78, 5) is 16.2. The highest BCUT2D eigenvalue weighted by Gasteiger charge is 2.24. The van der Waals surface area contributed by atoms with Crippen molar-refractivity contribution in [2.45, 2.75) is 32.2 Å². The average molecular weight is 287 g/mol. The number of fused-ring (bicyclic) bond motifs is 1. The minimum absolute atomic E-state index is 0.0838. The number of anilines is 1. The highest BCUT2D eigenvalue weighted by molar-refractivity contribution is 5.73. The number of amides is 1. The molecule has 0 radical (unpaired) electrons. The lowest BCUT2D eigenvalue weighted by molar-refractivity contribution is -0.119. The molecule has 0 bridgehead atoms. The molecule has 1 saturated heterocycles. The van der Waals surface area contributed by atoms with E-state index in [0.717, 1.165) is 45.4 Å². The minimum atomic E-state index is 0.0838. The van der Waals surface area contributed by atoms with Gasteiger partial charge in [-0.3, -0.25) is 4.79 Å². The second-order valence-electron chi connectivity index (χ2n) is 6.35. The molecule has 0 spiro atoms. The van der Waals surface area contributed by atoms with E-state index in [1.54, 1.807) is 6.92 Å². The predicted molar refractivity (Wildman–Crippen MR) is 85.8 cm³/mol. The van der Waals surface area contributed by atoms with Crippen molar-refractivity contribution in [2.75, 3.05) is 38.1 Å². The number of piperazine rings is 1. The van der Waals surface area contributed by atoms with Gasteiger partial charge < -0.3 is 15.1 Å². The molecule has 1 unspecified atom stereocenters. The predicted octanol–water partition coefficient (Wildman–Crippen LogP) is 1.43. The van der Waals surface area contributed by atoms with Gasteiger partial charge in [-0.15, -0.1) is 0 Å². The summed E-state index contributed by atoms with van der Waals surface area (Å²) in [5.41, 5.74) is 4.30. The van der Waals surface area contributed by atoms with E-state index in [1.807, 2.05) is 0 Å². The first kappa shape index (κ1) is 14.4. The number of carbonyl (C=O) groups excluding carboxylic acids is 1. The molecule has 1 atom stereocenters. The van der Waals surface area contributed by atoms with Crippen LogP contribution >= 0.6 is 0 Å². The molecule has 1 aliphatic heterocycles. The van der Waals surface area contributed by atoms with Gasteiger partial charge in [-0.2, -0.15) is 0 Å². The highest BCUT2D eigenvalue weighted by atomic mass is 16.1. The lowest BCUT2D eigenvalue weighted by atomic mass is 9.86. The lowest BCUT2D eigenvalue weighted by Crippen LogP contribution is -2.45. The molecule has 1 aromatic carbocycles. The third-order valence-corrected chi connectivity index (χ3v) is 4.71. The number of aryl methyl sites for hydroxylation is 1. The summed E-state index contributed by atoms with van der Waals surface area (Å²) in [6, 6.07) is 6.98. The topological polar surface area (TPSA) is 35.6 Å². The molecule has 2 aliphatic rings. The Morgan fingerprint density at radius 3 is 2.71 bits per heavy atom. The fraction of sp³-hybridized carbons (Fsp3) is 0.588. The van der Waals surface area contributed by atoms with E-state index in [4.69, 9.17) is 0 Å². The first-order valence-electron chi connectivity index (χ1n) is 7.95. The van der Waals surface area contributed by atoms with Crippen LogP contribution in [-0.2, 0) is 17.6 Å². The Morgan fingerprint density at radius 2 is 2.00 bits per heavy atom. The maximum atomic E-state index is 11.3. The van der Waals surface area contributed by atoms with Crippen LogP contribution < -0.4 is 10.2 Å². The summed E-state index contributed by atoms with van der Waals surface area (Å²) in [5, 5.41) is 3.09. The van der Waals surface area contributed by atoms with Crippen molar-refractivity contribution in [3.8, 4) is 0 Å². The van der Waals surface area contributed by atoms with Gasteiger partial charge >= 0.3 is 0 Å². The largest absolute Gasteiger partial charge is 0.369 e. The van der Waals surface area contributed by atoms with E-state index in [-0.39, 0.29) is 5.91 Å². The lowest BCUT2D eigenvalue weighted by Gasteiger charge is -2.37. The van der Waals surface area contributed by atoms with E-state index in [2.05, 4.69) is 40.4 Å². The van der Waals surface area contributed by atoms with Crippen LogP contribution in [0.5, 0.6) is 0 Å². The van der Waals surface area contributed by atoms with Crippen molar-refractivity contribution < 1.29 is 4.79 Å². The number of nitrogens with zero attached hydrogens (tertiary/aromatic N) is 2. The van der Waals surface area contributed by atoms with Gasteiger partial charge in [0.15, 0.2) is 0 Å². The molecular formula is C17H25N3O. The molecule has 1 N–H and O–H groups in total. The number of rotatable bonds is 2. The summed E-state index contributed by atoms with van der Waals surface area (Å²) in [6.07, 6.45) is 3.10. The van der Waals surface area contributed by atoms with Crippen LogP contribution in [0.4, 0.5) is 5.69 Å². The van der Waals surface area contributed by atoms with Gasteiger partial charge in [-0.25, -0.2) is 0 Å². The summed E-state index contributed by atoms with van der Waals surface area (Å²) in [5.74, 6) is 0.0838. The molecule has 1 aromatic rings. The molecule has 114 valence electrons. The number of hydrogen-bond acceptors (Lipinski definition) is 3. The molecule has 3 rings (SSSR count). The van der Waals surface area contributed by atoms with E-state index in [9.17, 15) is 4.79 Å². The average Bonchev–Trinajstić information content (AvgIpc) is 2.47. The molecule has 1 fully saturated rings. The molecule has 4 heteroatoms. The molecule has 1 heterocycles. The van der Waals surface area contributed by atoms with Crippen LogP contribution in [0.2, 0.25) is 0 Å². The second-order valence-corrected chi connectivity index (χ2v) is 6.35. The molecule has 1 aliphatic carbocycles. The third kappa shape index (κ3) is 3.21. The highest BCUT2D eigenvalue weighted by Crippen LogP contribution is 2.31. The summed E-state index contributed by atoms with van der Waals surface area (Å²) >= 11 is 0. The van der Waals surface area contributed by atoms with Gasteiger partial charge in [0.1, 0.15) is 0 Å². The van der Waals surface area contributed by atoms with Crippen molar-refractivity contribution in [3.05, 3.63) is 29.3 Å². The molecule has 1 amide bonds. The van der Waals surface area contributed by atoms with Gasteiger partial charge in [0.2, 0.25) is 5.91 Å². The van der Waals surface area contributed by atoms with E-state index >= 15 is 0 Å². The van der Waals surface area contributed by atoms with Crippen LogP contribution in [0.1, 0.15) is 24.5 Å². The Labute approximate surface area is 127 Å². The quantitative estimate of drug-likeness (QED) is 0.894. The monoisotopic (exact) mass is 287 g/mol. The number of carbonyl (C=O) groups is 1. The van der Waals surface area contributed by atoms with Crippen molar-refractivity contribution in [1.82, 2.24) is 10.2 Å². The zero-order chi connectivity index (χ0) is 14.8. The van der Waals surface area contributed by atoms with Crippen LogP contribution in [0, 0.1) is 0 Å². The Bertz CT molecular complexity index is 521. The SMILES string of the molecule is CC(=O)NC1CCc2cccc(N3CCN(C)CC3)c2C1.